The number of anilines is 1. The standard InChI is InChI=1S/C35H28N4O3/c1-35(2,3)38-34-32(23-16-18-24(40)19-17-23)37-33-31(36-26-9-5-6-10-27(26)39(33)34)22-14-12-21(13-15-22)30-20-28(41)25-8-4-7-11-29(25)42-30/h4-20,38,40H,1-3H3. The van der Waals surface area contributed by atoms with Crippen LogP contribution in [0.15, 0.2) is 112 Å². The van der Waals surface area contributed by atoms with E-state index in [0.717, 1.165) is 44.9 Å². The van der Waals surface area contributed by atoms with Crippen LogP contribution in [-0.2, 0) is 0 Å². The van der Waals surface area contributed by atoms with Crippen molar-refractivity contribution >= 4 is 33.5 Å². The largest absolute Gasteiger partial charge is 0.508 e. The van der Waals surface area contributed by atoms with Gasteiger partial charge in [-0.1, -0.05) is 48.5 Å². The zero-order valence-corrected chi connectivity index (χ0v) is 23.4. The fraction of sp³-hybridized carbons (Fsp3) is 0.114. The first-order chi connectivity index (χ1) is 20.2. The third-order valence-corrected chi connectivity index (χ3v) is 7.16. The average Bonchev–Trinajstić information content (AvgIpc) is 3.35. The van der Waals surface area contributed by atoms with Crippen molar-refractivity contribution in [1.82, 2.24) is 14.4 Å². The predicted molar refractivity (Wildman–Crippen MR) is 168 cm³/mol. The topological polar surface area (TPSA) is 92.7 Å². The highest BCUT2D eigenvalue weighted by Crippen LogP contribution is 2.37. The monoisotopic (exact) mass is 552 g/mol. The Morgan fingerprint density at radius 3 is 2.17 bits per heavy atom. The third-order valence-electron chi connectivity index (χ3n) is 7.16. The number of hydrogen-bond acceptors (Lipinski definition) is 6. The quantitative estimate of drug-likeness (QED) is 0.231. The molecular weight excluding hydrogens is 524 g/mol. The molecule has 7 nitrogen and oxygen atoms in total. The molecule has 0 atom stereocenters. The molecule has 0 fully saturated rings. The molecule has 206 valence electrons. The summed E-state index contributed by atoms with van der Waals surface area (Å²) in [5.74, 6) is 1.55. The molecule has 7 heteroatoms. The van der Waals surface area contributed by atoms with Crippen LogP contribution in [0.3, 0.4) is 0 Å². The fourth-order valence-corrected chi connectivity index (χ4v) is 5.26. The maximum absolute atomic E-state index is 12.7. The van der Waals surface area contributed by atoms with Gasteiger partial charge in [0, 0.05) is 28.3 Å². The number of aromatic nitrogens is 3. The molecule has 3 heterocycles. The molecule has 0 aliphatic rings. The second-order valence-corrected chi connectivity index (χ2v) is 11.4. The summed E-state index contributed by atoms with van der Waals surface area (Å²) in [6.45, 7) is 6.34. The van der Waals surface area contributed by atoms with Gasteiger partial charge in [-0.05, 0) is 69.3 Å². The summed E-state index contributed by atoms with van der Waals surface area (Å²) in [5.41, 5.74) is 6.72. The van der Waals surface area contributed by atoms with Crippen LogP contribution in [-0.4, -0.2) is 25.0 Å². The molecule has 0 unspecified atom stereocenters. The summed E-state index contributed by atoms with van der Waals surface area (Å²) in [4.78, 5) is 22.9. The Labute approximate surface area is 241 Å². The normalized spacial score (nSPS) is 11.9. The summed E-state index contributed by atoms with van der Waals surface area (Å²) in [7, 11) is 0. The van der Waals surface area contributed by atoms with Gasteiger partial charge >= 0.3 is 0 Å². The van der Waals surface area contributed by atoms with E-state index in [4.69, 9.17) is 14.4 Å². The second kappa shape index (κ2) is 9.59. The van der Waals surface area contributed by atoms with E-state index < -0.39 is 0 Å². The lowest BCUT2D eigenvalue weighted by Crippen LogP contribution is -2.27. The summed E-state index contributed by atoms with van der Waals surface area (Å²) < 4.78 is 8.19. The molecule has 0 bridgehead atoms. The molecule has 7 aromatic rings. The van der Waals surface area contributed by atoms with E-state index in [0.29, 0.717) is 22.4 Å². The molecule has 3 aromatic heterocycles. The SMILES string of the molecule is CC(C)(C)Nc1c(-c2ccc(O)cc2)nc2c(-c3ccc(-c4cc(=O)c5ccccc5o4)cc3)nc3ccccc3n12. The Hall–Kier alpha value is -5.43. The van der Waals surface area contributed by atoms with Crippen molar-refractivity contribution in [3.8, 4) is 39.6 Å². The van der Waals surface area contributed by atoms with Gasteiger partial charge in [-0.3, -0.25) is 9.20 Å². The molecule has 0 saturated carbocycles. The summed E-state index contributed by atoms with van der Waals surface area (Å²) >= 11 is 0. The van der Waals surface area contributed by atoms with E-state index in [1.54, 1.807) is 24.3 Å². The minimum Gasteiger partial charge on any atom is -0.508 e. The summed E-state index contributed by atoms with van der Waals surface area (Å²) in [6.07, 6.45) is 0. The van der Waals surface area contributed by atoms with Crippen molar-refractivity contribution in [2.75, 3.05) is 5.32 Å². The van der Waals surface area contributed by atoms with E-state index in [1.807, 2.05) is 72.8 Å². The number of aromatic hydroxyl groups is 1. The van der Waals surface area contributed by atoms with Crippen molar-refractivity contribution < 1.29 is 9.52 Å². The Kier molecular flexibility index (Phi) is 5.83. The summed E-state index contributed by atoms with van der Waals surface area (Å²) in [5, 5.41) is 14.2. The Morgan fingerprint density at radius 1 is 0.762 bits per heavy atom. The third kappa shape index (κ3) is 4.45. The Morgan fingerprint density at radius 2 is 1.40 bits per heavy atom. The van der Waals surface area contributed by atoms with Crippen LogP contribution in [0.4, 0.5) is 5.82 Å². The molecule has 0 aliphatic carbocycles. The van der Waals surface area contributed by atoms with Gasteiger partial charge in [-0.15, -0.1) is 0 Å². The van der Waals surface area contributed by atoms with Crippen LogP contribution in [0.5, 0.6) is 5.75 Å². The maximum Gasteiger partial charge on any atom is 0.193 e. The van der Waals surface area contributed by atoms with Gasteiger partial charge in [-0.25, -0.2) is 9.97 Å². The van der Waals surface area contributed by atoms with E-state index in [-0.39, 0.29) is 16.7 Å². The van der Waals surface area contributed by atoms with Gasteiger partial charge in [0.05, 0.1) is 16.4 Å². The molecule has 0 aliphatic heterocycles. The van der Waals surface area contributed by atoms with Crippen molar-refractivity contribution in [1.29, 1.82) is 0 Å². The van der Waals surface area contributed by atoms with Gasteiger partial charge < -0.3 is 14.8 Å². The first kappa shape index (κ1) is 25.5. The van der Waals surface area contributed by atoms with E-state index >= 15 is 0 Å². The first-order valence-corrected chi connectivity index (χ1v) is 13.8. The minimum atomic E-state index is -0.252. The Balaban J connectivity index is 1.44. The van der Waals surface area contributed by atoms with E-state index in [9.17, 15) is 9.90 Å². The number of nitrogens with zero attached hydrogens (tertiary/aromatic N) is 3. The molecule has 0 amide bonds. The van der Waals surface area contributed by atoms with Crippen LogP contribution < -0.4 is 10.7 Å². The number of imidazole rings is 1. The lowest BCUT2D eigenvalue weighted by Gasteiger charge is -2.23. The van der Waals surface area contributed by atoms with Crippen LogP contribution in [0.1, 0.15) is 20.8 Å². The number of para-hydroxylation sites is 3. The highest BCUT2D eigenvalue weighted by molar-refractivity contribution is 5.92. The lowest BCUT2D eigenvalue weighted by atomic mass is 10.1. The van der Waals surface area contributed by atoms with Gasteiger partial charge in [0.1, 0.15) is 34.3 Å². The Bertz CT molecular complexity index is 2170. The lowest BCUT2D eigenvalue weighted by molar-refractivity contribution is 0.475. The molecule has 2 N–H and O–H groups in total. The maximum atomic E-state index is 12.7. The number of phenols is 1. The zero-order chi connectivity index (χ0) is 29.0. The molecule has 0 radical (unpaired) electrons. The predicted octanol–water partition coefficient (Wildman–Crippen LogP) is 7.91. The smallest absolute Gasteiger partial charge is 0.193 e. The van der Waals surface area contributed by atoms with Gasteiger partial charge in [0.15, 0.2) is 11.1 Å². The fourth-order valence-electron chi connectivity index (χ4n) is 5.26. The van der Waals surface area contributed by atoms with Crippen LogP contribution in [0, 0.1) is 0 Å². The average molecular weight is 553 g/mol. The zero-order valence-electron chi connectivity index (χ0n) is 23.4. The molecule has 0 spiro atoms. The van der Waals surface area contributed by atoms with Crippen LogP contribution >= 0.6 is 0 Å². The molecule has 4 aromatic carbocycles. The molecule has 7 rings (SSSR count). The summed E-state index contributed by atoms with van der Waals surface area (Å²) in [6, 6.07) is 31.7. The molecular formula is C35H28N4O3. The van der Waals surface area contributed by atoms with Crippen molar-refractivity contribution in [2.24, 2.45) is 0 Å². The number of nitrogens with one attached hydrogen (secondary N) is 1. The van der Waals surface area contributed by atoms with Crippen molar-refractivity contribution in [3.63, 3.8) is 0 Å². The van der Waals surface area contributed by atoms with Gasteiger partial charge in [0.2, 0.25) is 0 Å². The molecule has 42 heavy (non-hydrogen) atoms. The number of phenolic OH excluding ortho intramolecular Hbond substituents is 1. The number of benzene rings is 4. The van der Waals surface area contributed by atoms with Crippen LogP contribution in [0.25, 0.3) is 61.5 Å². The minimum absolute atomic E-state index is 0.0770. The second-order valence-electron chi connectivity index (χ2n) is 11.4. The highest BCUT2D eigenvalue weighted by Gasteiger charge is 2.24. The van der Waals surface area contributed by atoms with Crippen molar-refractivity contribution in [3.05, 3.63) is 113 Å². The van der Waals surface area contributed by atoms with Crippen LogP contribution in [0.2, 0.25) is 0 Å². The number of fused-ring (bicyclic) bond motifs is 4. The van der Waals surface area contributed by atoms with Crippen molar-refractivity contribution in [2.45, 2.75) is 26.3 Å². The van der Waals surface area contributed by atoms with Gasteiger partial charge in [-0.2, -0.15) is 0 Å². The number of rotatable bonds is 4. The van der Waals surface area contributed by atoms with E-state index in [1.165, 1.54) is 6.07 Å². The van der Waals surface area contributed by atoms with Gasteiger partial charge in [0.25, 0.3) is 0 Å². The number of hydrogen-bond donors (Lipinski definition) is 2. The van der Waals surface area contributed by atoms with E-state index in [2.05, 4.69) is 30.5 Å². The highest BCUT2D eigenvalue weighted by atomic mass is 16.3. The molecule has 0 saturated heterocycles. The first-order valence-electron chi connectivity index (χ1n) is 13.8.